The summed E-state index contributed by atoms with van der Waals surface area (Å²) in [6.45, 7) is 1.94. The summed E-state index contributed by atoms with van der Waals surface area (Å²) in [5.41, 5.74) is 0.114. The molecule has 114 valence electrons. The molecule has 1 fully saturated rings. The van der Waals surface area contributed by atoms with Crippen molar-refractivity contribution in [3.05, 3.63) is 29.6 Å². The molecule has 4 nitrogen and oxygen atoms in total. The molecule has 6 heteroatoms. The van der Waals surface area contributed by atoms with Gasteiger partial charge in [-0.1, -0.05) is 18.8 Å². The van der Waals surface area contributed by atoms with E-state index in [1.54, 1.807) is 0 Å². The van der Waals surface area contributed by atoms with E-state index in [2.05, 4.69) is 23.5 Å². The lowest BCUT2D eigenvalue weighted by Crippen LogP contribution is -2.43. The Morgan fingerprint density at radius 3 is 2.76 bits per heavy atom. The average Bonchev–Trinajstić information content (AvgIpc) is 2.37. The van der Waals surface area contributed by atoms with Gasteiger partial charge in [0.05, 0.1) is 11.5 Å². The van der Waals surface area contributed by atoms with Crippen LogP contribution >= 0.6 is 0 Å². The van der Waals surface area contributed by atoms with Gasteiger partial charge < -0.3 is 5.11 Å². The highest BCUT2D eigenvalue weighted by molar-refractivity contribution is 7.89. The fourth-order valence-corrected chi connectivity index (χ4v) is 3.73. The van der Waals surface area contributed by atoms with E-state index >= 15 is 0 Å². The number of nitrogens with one attached hydrogen (secondary N) is 1. The Balaban J connectivity index is 2.27. The fourth-order valence-electron chi connectivity index (χ4n) is 2.33. The zero-order chi connectivity index (χ0) is 15.5. The van der Waals surface area contributed by atoms with E-state index in [1.165, 1.54) is 6.07 Å². The second-order valence-corrected chi connectivity index (χ2v) is 6.99. The molecule has 1 saturated carbocycles. The van der Waals surface area contributed by atoms with Crippen LogP contribution in [0.3, 0.4) is 0 Å². The summed E-state index contributed by atoms with van der Waals surface area (Å²) in [5, 5.41) is 8.70. The number of sulfonamides is 1. The maximum absolute atomic E-state index is 13.3. The molecule has 1 aromatic carbocycles. The Morgan fingerprint density at radius 1 is 1.43 bits per heavy atom. The fraction of sp³-hybridized carbons (Fsp3) is 0.467. The number of hydrogen-bond donors (Lipinski definition) is 2. The topological polar surface area (TPSA) is 66.4 Å². The summed E-state index contributed by atoms with van der Waals surface area (Å²) in [5.74, 6) is 5.21. The van der Waals surface area contributed by atoms with E-state index in [1.807, 2.05) is 0 Å². The molecule has 0 saturated heterocycles. The largest absolute Gasteiger partial charge is 0.395 e. The van der Waals surface area contributed by atoms with Gasteiger partial charge in [-0.05, 0) is 37.0 Å². The molecule has 0 aromatic heterocycles. The summed E-state index contributed by atoms with van der Waals surface area (Å²) in [6.07, 6.45) is 1.83. The van der Waals surface area contributed by atoms with Crippen molar-refractivity contribution < 1.29 is 17.9 Å². The molecule has 0 spiro atoms. The highest BCUT2D eigenvalue weighted by Gasteiger charge is 2.30. The highest BCUT2D eigenvalue weighted by Crippen LogP contribution is 2.28. The normalized spacial score (nSPS) is 21.3. The van der Waals surface area contributed by atoms with Crippen LogP contribution in [-0.4, -0.2) is 26.2 Å². The van der Waals surface area contributed by atoms with E-state index in [4.69, 9.17) is 5.11 Å². The van der Waals surface area contributed by atoms with Crippen molar-refractivity contribution in [2.75, 3.05) is 6.61 Å². The quantitative estimate of drug-likeness (QED) is 0.831. The first-order chi connectivity index (χ1) is 9.92. The molecule has 1 aliphatic carbocycles. The molecule has 0 aliphatic heterocycles. The predicted octanol–water partition coefficient (Wildman–Crippen LogP) is 1.64. The van der Waals surface area contributed by atoms with E-state index in [0.29, 0.717) is 5.92 Å². The Labute approximate surface area is 124 Å². The van der Waals surface area contributed by atoms with Gasteiger partial charge in [0.2, 0.25) is 10.0 Å². The number of hydrogen-bond acceptors (Lipinski definition) is 3. The Bertz CT molecular complexity index is 670. The molecular weight excluding hydrogens is 293 g/mol. The van der Waals surface area contributed by atoms with Crippen molar-refractivity contribution in [3.63, 3.8) is 0 Å². The average molecular weight is 311 g/mol. The second kappa shape index (κ2) is 6.56. The van der Waals surface area contributed by atoms with Crippen LogP contribution in [0, 0.1) is 23.6 Å². The van der Waals surface area contributed by atoms with E-state index < -0.39 is 15.8 Å². The summed E-state index contributed by atoms with van der Waals surface area (Å²) < 4.78 is 40.6. The van der Waals surface area contributed by atoms with Crippen LogP contribution in [-0.2, 0) is 10.0 Å². The first-order valence-electron chi connectivity index (χ1n) is 6.84. The number of aliphatic hydroxyl groups is 1. The number of aliphatic hydroxyl groups excluding tert-OH is 1. The van der Waals surface area contributed by atoms with Gasteiger partial charge in [-0.25, -0.2) is 17.5 Å². The first kappa shape index (κ1) is 16.0. The maximum Gasteiger partial charge on any atom is 0.242 e. The van der Waals surface area contributed by atoms with Crippen LogP contribution in [0.5, 0.6) is 0 Å². The second-order valence-electron chi connectivity index (χ2n) is 5.31. The third-order valence-electron chi connectivity index (χ3n) is 3.39. The minimum absolute atomic E-state index is 0.0195. The molecule has 0 unspecified atom stereocenters. The van der Waals surface area contributed by atoms with Gasteiger partial charge in [-0.2, -0.15) is 0 Å². The first-order valence-corrected chi connectivity index (χ1v) is 8.32. The highest BCUT2D eigenvalue weighted by atomic mass is 32.2. The number of benzene rings is 1. The lowest BCUT2D eigenvalue weighted by atomic mass is 9.83. The molecule has 2 rings (SSSR count). The summed E-state index contributed by atoms with van der Waals surface area (Å²) in [4.78, 5) is -0.0195. The van der Waals surface area contributed by atoms with Crippen molar-refractivity contribution in [1.82, 2.24) is 4.72 Å². The zero-order valence-electron chi connectivity index (χ0n) is 11.8. The van der Waals surface area contributed by atoms with Gasteiger partial charge in [0, 0.05) is 18.0 Å². The molecule has 0 atom stereocenters. The lowest BCUT2D eigenvalue weighted by molar-refractivity contribution is 0.270. The van der Waals surface area contributed by atoms with E-state index in [-0.39, 0.29) is 29.5 Å². The molecule has 21 heavy (non-hydrogen) atoms. The number of halogens is 1. The van der Waals surface area contributed by atoms with E-state index in [0.717, 1.165) is 25.0 Å². The summed E-state index contributed by atoms with van der Waals surface area (Å²) in [6, 6.07) is 3.37. The van der Waals surface area contributed by atoms with Crippen LogP contribution in [0.25, 0.3) is 0 Å². The van der Waals surface area contributed by atoms with Crippen LogP contribution in [0.4, 0.5) is 4.39 Å². The third-order valence-corrected chi connectivity index (χ3v) is 4.97. The molecule has 1 aliphatic rings. The molecule has 1 aromatic rings. The van der Waals surface area contributed by atoms with Crippen molar-refractivity contribution in [2.24, 2.45) is 5.92 Å². The predicted molar refractivity (Wildman–Crippen MR) is 77.5 cm³/mol. The van der Waals surface area contributed by atoms with Gasteiger partial charge in [0.15, 0.2) is 0 Å². The zero-order valence-corrected chi connectivity index (χ0v) is 12.6. The summed E-state index contributed by atoms with van der Waals surface area (Å²) in [7, 11) is -3.71. The number of rotatable bonds is 4. The van der Waals surface area contributed by atoms with Crippen LogP contribution in [0.15, 0.2) is 23.1 Å². The van der Waals surface area contributed by atoms with Crippen LogP contribution < -0.4 is 4.72 Å². The Morgan fingerprint density at radius 2 is 2.14 bits per heavy atom. The van der Waals surface area contributed by atoms with Crippen LogP contribution in [0.2, 0.25) is 0 Å². The van der Waals surface area contributed by atoms with Crippen molar-refractivity contribution >= 4 is 10.0 Å². The smallest absolute Gasteiger partial charge is 0.242 e. The van der Waals surface area contributed by atoms with Gasteiger partial charge in [-0.15, -0.1) is 0 Å². The van der Waals surface area contributed by atoms with E-state index in [9.17, 15) is 12.8 Å². The Kier molecular flexibility index (Phi) is 4.99. The molecule has 0 amide bonds. The minimum atomic E-state index is -3.71. The van der Waals surface area contributed by atoms with Gasteiger partial charge in [0.1, 0.15) is 5.82 Å². The summed E-state index contributed by atoms with van der Waals surface area (Å²) >= 11 is 0. The molecule has 0 heterocycles. The SMILES string of the molecule is CC1CC(NS(=O)(=O)c2ccc(F)cc2C#CCCO)C1. The third kappa shape index (κ3) is 4.03. The monoisotopic (exact) mass is 311 g/mol. The minimum Gasteiger partial charge on any atom is -0.395 e. The lowest BCUT2D eigenvalue weighted by Gasteiger charge is -2.33. The van der Waals surface area contributed by atoms with Crippen molar-refractivity contribution in [2.45, 2.75) is 37.1 Å². The molecule has 2 N–H and O–H groups in total. The standard InChI is InChI=1S/C15H18FNO3S/c1-11-8-14(9-11)17-21(19,20)15-6-5-13(16)10-12(15)4-2-3-7-18/h5-6,10-11,14,17-18H,3,7-9H2,1H3. The van der Waals surface area contributed by atoms with Gasteiger partial charge in [0.25, 0.3) is 0 Å². The molecular formula is C15H18FNO3S. The Hall–Kier alpha value is -1.42. The maximum atomic E-state index is 13.3. The van der Waals surface area contributed by atoms with Gasteiger partial charge in [-0.3, -0.25) is 0 Å². The van der Waals surface area contributed by atoms with Gasteiger partial charge >= 0.3 is 0 Å². The van der Waals surface area contributed by atoms with Crippen LogP contribution in [0.1, 0.15) is 31.7 Å². The molecule has 0 radical (unpaired) electrons. The molecule has 0 bridgehead atoms. The van der Waals surface area contributed by atoms with Crippen molar-refractivity contribution in [1.29, 1.82) is 0 Å². The van der Waals surface area contributed by atoms with Crippen molar-refractivity contribution in [3.8, 4) is 11.8 Å².